The first-order chi connectivity index (χ1) is 10.1. The maximum absolute atomic E-state index is 10.4. The average molecular weight is 286 g/mol. The molecule has 0 fully saturated rings. The predicted octanol–water partition coefficient (Wildman–Crippen LogP) is 3.68. The number of aliphatic hydroxyl groups is 1. The first-order valence-corrected chi connectivity index (χ1v) is 7.09. The van der Waals surface area contributed by atoms with E-state index in [1.165, 1.54) is 5.56 Å². The smallest absolute Gasteiger partial charge is 0.119 e. The van der Waals surface area contributed by atoms with Gasteiger partial charge in [-0.2, -0.15) is 0 Å². The van der Waals surface area contributed by atoms with Crippen molar-refractivity contribution in [3.8, 4) is 11.5 Å². The largest absolute Gasteiger partial charge is 0.497 e. The summed E-state index contributed by atoms with van der Waals surface area (Å²) in [6.45, 7) is 1.99. The van der Waals surface area contributed by atoms with E-state index < -0.39 is 6.10 Å². The van der Waals surface area contributed by atoms with Crippen LogP contribution < -0.4 is 9.47 Å². The Bertz CT molecular complexity index is 576. The van der Waals surface area contributed by atoms with E-state index in [0.29, 0.717) is 6.42 Å². The Morgan fingerprint density at radius 3 is 2.14 bits per heavy atom. The molecule has 3 heteroatoms. The highest BCUT2D eigenvalue weighted by Gasteiger charge is 2.11. The van der Waals surface area contributed by atoms with Gasteiger partial charge in [0.1, 0.15) is 11.5 Å². The van der Waals surface area contributed by atoms with Crippen LogP contribution >= 0.6 is 0 Å². The lowest BCUT2D eigenvalue weighted by Gasteiger charge is -2.15. The first-order valence-electron chi connectivity index (χ1n) is 7.09. The molecule has 1 N–H and O–H groups in total. The Balaban J connectivity index is 1.99. The molecule has 3 nitrogen and oxygen atoms in total. The van der Waals surface area contributed by atoms with Gasteiger partial charge in [-0.25, -0.2) is 0 Å². The molecular formula is C18H22O3. The highest BCUT2D eigenvalue weighted by molar-refractivity contribution is 5.36. The van der Waals surface area contributed by atoms with Crippen LogP contribution in [0.25, 0.3) is 0 Å². The van der Waals surface area contributed by atoms with Crippen molar-refractivity contribution in [2.24, 2.45) is 0 Å². The molecular weight excluding hydrogens is 264 g/mol. The zero-order valence-corrected chi connectivity index (χ0v) is 12.8. The zero-order chi connectivity index (χ0) is 15.2. The van der Waals surface area contributed by atoms with Crippen LogP contribution in [0, 0.1) is 6.92 Å². The number of methoxy groups -OCH3 is 2. The Morgan fingerprint density at radius 2 is 1.57 bits per heavy atom. The molecule has 21 heavy (non-hydrogen) atoms. The molecule has 2 aromatic carbocycles. The summed E-state index contributed by atoms with van der Waals surface area (Å²) in [5.74, 6) is 1.67. The average Bonchev–Trinajstić information content (AvgIpc) is 2.52. The fraction of sp³-hybridized carbons (Fsp3) is 0.333. The summed E-state index contributed by atoms with van der Waals surface area (Å²) in [6, 6.07) is 13.7. The van der Waals surface area contributed by atoms with Crippen molar-refractivity contribution >= 4 is 0 Å². The van der Waals surface area contributed by atoms with E-state index in [9.17, 15) is 5.11 Å². The van der Waals surface area contributed by atoms with Crippen molar-refractivity contribution in [3.05, 3.63) is 59.2 Å². The van der Waals surface area contributed by atoms with Gasteiger partial charge in [-0.3, -0.25) is 0 Å². The summed E-state index contributed by atoms with van der Waals surface area (Å²) in [5, 5.41) is 10.4. The first kappa shape index (κ1) is 15.4. The van der Waals surface area contributed by atoms with Gasteiger partial charge >= 0.3 is 0 Å². The topological polar surface area (TPSA) is 38.7 Å². The van der Waals surface area contributed by atoms with Crippen molar-refractivity contribution in [2.45, 2.75) is 25.9 Å². The third-order valence-electron chi connectivity index (χ3n) is 3.70. The molecule has 1 unspecified atom stereocenters. The van der Waals surface area contributed by atoms with Crippen LogP contribution in [0.5, 0.6) is 11.5 Å². The van der Waals surface area contributed by atoms with Gasteiger partial charge in [0.2, 0.25) is 0 Å². The minimum atomic E-state index is -0.460. The molecule has 0 aromatic heterocycles. The second-order valence-electron chi connectivity index (χ2n) is 5.13. The number of aryl methyl sites for hydroxylation is 2. The maximum Gasteiger partial charge on any atom is 0.119 e. The van der Waals surface area contributed by atoms with Gasteiger partial charge in [-0.05, 0) is 60.7 Å². The summed E-state index contributed by atoms with van der Waals surface area (Å²) in [5.41, 5.74) is 3.21. The van der Waals surface area contributed by atoms with Crippen molar-refractivity contribution in [1.82, 2.24) is 0 Å². The van der Waals surface area contributed by atoms with E-state index in [4.69, 9.17) is 9.47 Å². The molecule has 0 aliphatic heterocycles. The number of hydrogen-bond acceptors (Lipinski definition) is 3. The number of aliphatic hydroxyl groups excluding tert-OH is 1. The van der Waals surface area contributed by atoms with Crippen LogP contribution in [0.4, 0.5) is 0 Å². The van der Waals surface area contributed by atoms with Gasteiger partial charge in [0.05, 0.1) is 20.3 Å². The van der Waals surface area contributed by atoms with Gasteiger partial charge in [0.25, 0.3) is 0 Å². The van der Waals surface area contributed by atoms with Crippen LogP contribution in [-0.2, 0) is 6.42 Å². The molecule has 0 aliphatic rings. The Hall–Kier alpha value is -2.00. The van der Waals surface area contributed by atoms with Gasteiger partial charge < -0.3 is 14.6 Å². The van der Waals surface area contributed by atoms with E-state index in [0.717, 1.165) is 29.0 Å². The monoisotopic (exact) mass is 286 g/mol. The Morgan fingerprint density at radius 1 is 0.952 bits per heavy atom. The van der Waals surface area contributed by atoms with Gasteiger partial charge in [0, 0.05) is 0 Å². The molecule has 0 aliphatic carbocycles. The highest BCUT2D eigenvalue weighted by atomic mass is 16.5. The standard InChI is InChI=1S/C18H22O3/c1-13-12-16(21-3)9-10-17(13)18(19)11-6-14-4-7-15(20-2)8-5-14/h4-5,7-10,12,18-19H,6,11H2,1-3H3. The lowest BCUT2D eigenvalue weighted by molar-refractivity contribution is 0.167. The van der Waals surface area contributed by atoms with E-state index in [1.54, 1.807) is 14.2 Å². The van der Waals surface area contributed by atoms with Crippen LogP contribution in [0.1, 0.15) is 29.2 Å². The summed E-state index contributed by atoms with van der Waals surface area (Å²) in [6.07, 6.45) is 1.06. The molecule has 2 aromatic rings. The minimum absolute atomic E-state index is 0.460. The summed E-state index contributed by atoms with van der Waals surface area (Å²) < 4.78 is 10.3. The normalized spacial score (nSPS) is 12.0. The van der Waals surface area contributed by atoms with Crippen LogP contribution in [0.3, 0.4) is 0 Å². The predicted molar refractivity (Wildman–Crippen MR) is 84.0 cm³/mol. The zero-order valence-electron chi connectivity index (χ0n) is 12.8. The second kappa shape index (κ2) is 7.14. The lowest BCUT2D eigenvalue weighted by atomic mass is 9.97. The van der Waals surface area contributed by atoms with Crippen molar-refractivity contribution in [2.75, 3.05) is 14.2 Å². The lowest BCUT2D eigenvalue weighted by Crippen LogP contribution is -2.02. The summed E-state index contributed by atoms with van der Waals surface area (Å²) in [7, 11) is 3.31. The summed E-state index contributed by atoms with van der Waals surface area (Å²) in [4.78, 5) is 0. The molecule has 2 rings (SSSR count). The fourth-order valence-electron chi connectivity index (χ4n) is 2.40. The molecule has 0 spiro atoms. The Labute approximate surface area is 126 Å². The van der Waals surface area contributed by atoms with E-state index in [1.807, 2.05) is 49.4 Å². The minimum Gasteiger partial charge on any atom is -0.497 e. The van der Waals surface area contributed by atoms with E-state index in [2.05, 4.69) is 0 Å². The molecule has 0 heterocycles. The van der Waals surface area contributed by atoms with E-state index >= 15 is 0 Å². The number of benzene rings is 2. The molecule has 112 valence electrons. The third-order valence-corrected chi connectivity index (χ3v) is 3.70. The Kier molecular flexibility index (Phi) is 5.23. The van der Waals surface area contributed by atoms with Gasteiger partial charge in [-0.15, -0.1) is 0 Å². The van der Waals surface area contributed by atoms with E-state index in [-0.39, 0.29) is 0 Å². The molecule has 0 saturated heterocycles. The third kappa shape index (κ3) is 3.99. The number of ether oxygens (including phenoxy) is 2. The van der Waals surface area contributed by atoms with Gasteiger partial charge in [-0.1, -0.05) is 18.2 Å². The molecule has 1 atom stereocenters. The molecule has 0 amide bonds. The number of hydrogen-bond donors (Lipinski definition) is 1. The van der Waals surface area contributed by atoms with Gasteiger partial charge in [0.15, 0.2) is 0 Å². The quantitative estimate of drug-likeness (QED) is 0.880. The number of rotatable bonds is 6. The summed E-state index contributed by atoms with van der Waals surface area (Å²) >= 11 is 0. The molecule has 0 radical (unpaired) electrons. The fourth-order valence-corrected chi connectivity index (χ4v) is 2.40. The SMILES string of the molecule is COc1ccc(CCC(O)c2ccc(OC)cc2C)cc1. The highest BCUT2D eigenvalue weighted by Crippen LogP contribution is 2.26. The van der Waals surface area contributed by atoms with Crippen LogP contribution in [0.2, 0.25) is 0 Å². The van der Waals surface area contributed by atoms with Crippen molar-refractivity contribution in [3.63, 3.8) is 0 Å². The van der Waals surface area contributed by atoms with Crippen LogP contribution in [-0.4, -0.2) is 19.3 Å². The van der Waals surface area contributed by atoms with Crippen LogP contribution in [0.15, 0.2) is 42.5 Å². The van der Waals surface area contributed by atoms with Crippen molar-refractivity contribution < 1.29 is 14.6 Å². The molecule has 0 bridgehead atoms. The maximum atomic E-state index is 10.4. The second-order valence-corrected chi connectivity index (χ2v) is 5.13. The molecule has 0 saturated carbocycles. The van der Waals surface area contributed by atoms with Crippen molar-refractivity contribution in [1.29, 1.82) is 0 Å².